The lowest BCUT2D eigenvalue weighted by Gasteiger charge is -2.06. The summed E-state index contributed by atoms with van der Waals surface area (Å²) in [5.74, 6) is -0.337. The summed E-state index contributed by atoms with van der Waals surface area (Å²) in [6, 6.07) is 1.38. The number of aromatic nitrogens is 2. The second-order valence-electron chi connectivity index (χ2n) is 3.59. The monoisotopic (exact) mass is 291 g/mol. The standard InChI is InChI=1S/C11H15Cl2N3O2/c1-2-3-5-18-6-4-14-11(17)8-7-9(12)15-16-10(8)13/h7H,2-6H2,1H3,(H,14,17). The van der Waals surface area contributed by atoms with Crippen molar-refractivity contribution in [1.29, 1.82) is 0 Å². The SMILES string of the molecule is CCCCOCCNC(=O)c1cc(Cl)nnc1Cl. The van der Waals surface area contributed by atoms with Gasteiger partial charge in [-0.2, -0.15) is 0 Å². The average Bonchev–Trinajstić information content (AvgIpc) is 2.36. The molecule has 1 heterocycles. The normalized spacial score (nSPS) is 10.4. The van der Waals surface area contributed by atoms with Crippen molar-refractivity contribution in [2.75, 3.05) is 19.8 Å². The maximum atomic E-state index is 11.7. The highest BCUT2D eigenvalue weighted by molar-refractivity contribution is 6.34. The van der Waals surface area contributed by atoms with E-state index in [1.807, 2.05) is 0 Å². The summed E-state index contributed by atoms with van der Waals surface area (Å²) in [6.45, 7) is 3.68. The van der Waals surface area contributed by atoms with Crippen molar-refractivity contribution in [2.24, 2.45) is 0 Å². The highest BCUT2D eigenvalue weighted by Gasteiger charge is 2.12. The maximum absolute atomic E-state index is 11.7. The Bertz CT molecular complexity index is 402. The van der Waals surface area contributed by atoms with Crippen LogP contribution in [0.3, 0.4) is 0 Å². The fourth-order valence-corrected chi connectivity index (χ4v) is 1.52. The van der Waals surface area contributed by atoms with E-state index in [-0.39, 0.29) is 21.8 Å². The molecule has 0 radical (unpaired) electrons. The first kappa shape index (κ1) is 15.1. The molecule has 1 aromatic heterocycles. The zero-order chi connectivity index (χ0) is 13.4. The minimum Gasteiger partial charge on any atom is -0.380 e. The van der Waals surface area contributed by atoms with Gasteiger partial charge < -0.3 is 10.1 Å². The Hall–Kier alpha value is -0.910. The van der Waals surface area contributed by atoms with Crippen LogP contribution in [0.1, 0.15) is 30.1 Å². The number of nitrogens with zero attached hydrogens (tertiary/aromatic N) is 2. The fourth-order valence-electron chi connectivity index (χ4n) is 1.19. The molecule has 0 unspecified atom stereocenters. The topological polar surface area (TPSA) is 64.1 Å². The van der Waals surface area contributed by atoms with Crippen molar-refractivity contribution in [3.8, 4) is 0 Å². The van der Waals surface area contributed by atoms with Gasteiger partial charge in [-0.15, -0.1) is 10.2 Å². The first-order valence-electron chi connectivity index (χ1n) is 5.69. The molecule has 1 amide bonds. The van der Waals surface area contributed by atoms with Gasteiger partial charge in [0, 0.05) is 13.2 Å². The van der Waals surface area contributed by atoms with Crippen molar-refractivity contribution in [2.45, 2.75) is 19.8 Å². The Kier molecular flexibility index (Phi) is 6.93. The second kappa shape index (κ2) is 8.24. The molecule has 1 N–H and O–H groups in total. The third kappa shape index (κ3) is 5.16. The molecule has 0 atom stereocenters. The molecular formula is C11H15Cl2N3O2. The zero-order valence-corrected chi connectivity index (χ0v) is 11.6. The molecule has 0 aromatic carbocycles. The van der Waals surface area contributed by atoms with Crippen molar-refractivity contribution in [1.82, 2.24) is 15.5 Å². The predicted octanol–water partition coefficient (Wildman–Crippen LogP) is 2.33. The molecule has 7 heteroatoms. The number of halogens is 2. The number of hydrogen-bond donors (Lipinski definition) is 1. The van der Waals surface area contributed by atoms with E-state index in [4.69, 9.17) is 27.9 Å². The Labute approximate surface area is 116 Å². The van der Waals surface area contributed by atoms with E-state index in [2.05, 4.69) is 22.4 Å². The van der Waals surface area contributed by atoms with Crippen LogP contribution in [0.4, 0.5) is 0 Å². The van der Waals surface area contributed by atoms with Crippen LogP contribution in [0.5, 0.6) is 0 Å². The summed E-state index contributed by atoms with van der Waals surface area (Å²) in [6.07, 6.45) is 2.10. The van der Waals surface area contributed by atoms with Gasteiger partial charge in [0.05, 0.1) is 12.2 Å². The smallest absolute Gasteiger partial charge is 0.254 e. The van der Waals surface area contributed by atoms with Crippen LogP contribution >= 0.6 is 23.2 Å². The first-order chi connectivity index (χ1) is 8.65. The molecule has 0 fully saturated rings. The van der Waals surface area contributed by atoms with Gasteiger partial charge in [0.25, 0.3) is 5.91 Å². The highest BCUT2D eigenvalue weighted by atomic mass is 35.5. The van der Waals surface area contributed by atoms with E-state index in [0.717, 1.165) is 12.8 Å². The molecule has 18 heavy (non-hydrogen) atoms. The number of carbonyl (C=O) groups excluding carboxylic acids is 1. The van der Waals surface area contributed by atoms with E-state index < -0.39 is 0 Å². The largest absolute Gasteiger partial charge is 0.380 e. The molecule has 0 saturated heterocycles. The van der Waals surface area contributed by atoms with E-state index in [9.17, 15) is 4.79 Å². The van der Waals surface area contributed by atoms with Crippen LogP contribution in [0.15, 0.2) is 6.07 Å². The Morgan fingerprint density at radius 1 is 1.39 bits per heavy atom. The third-order valence-electron chi connectivity index (χ3n) is 2.14. The fraction of sp³-hybridized carbons (Fsp3) is 0.545. The van der Waals surface area contributed by atoms with Crippen LogP contribution in [0.25, 0.3) is 0 Å². The van der Waals surface area contributed by atoms with Gasteiger partial charge >= 0.3 is 0 Å². The molecule has 1 rings (SSSR count). The summed E-state index contributed by atoms with van der Waals surface area (Å²) >= 11 is 11.4. The van der Waals surface area contributed by atoms with E-state index in [1.165, 1.54) is 6.07 Å². The Morgan fingerprint density at radius 3 is 2.89 bits per heavy atom. The molecule has 5 nitrogen and oxygen atoms in total. The van der Waals surface area contributed by atoms with Gasteiger partial charge in [0.2, 0.25) is 0 Å². The number of carbonyl (C=O) groups is 1. The van der Waals surface area contributed by atoms with Gasteiger partial charge in [0.1, 0.15) is 0 Å². The highest BCUT2D eigenvalue weighted by Crippen LogP contribution is 2.14. The predicted molar refractivity (Wildman–Crippen MR) is 70.1 cm³/mol. The lowest BCUT2D eigenvalue weighted by molar-refractivity contribution is 0.0912. The van der Waals surface area contributed by atoms with Crippen molar-refractivity contribution in [3.63, 3.8) is 0 Å². The van der Waals surface area contributed by atoms with Crippen LogP contribution in [0, 0.1) is 0 Å². The number of amides is 1. The van der Waals surface area contributed by atoms with Crippen LogP contribution in [0.2, 0.25) is 10.3 Å². The van der Waals surface area contributed by atoms with Crippen molar-refractivity contribution >= 4 is 29.1 Å². The van der Waals surface area contributed by atoms with Crippen molar-refractivity contribution in [3.05, 3.63) is 21.9 Å². The van der Waals surface area contributed by atoms with E-state index >= 15 is 0 Å². The molecular weight excluding hydrogens is 277 g/mol. The van der Waals surface area contributed by atoms with Crippen LogP contribution in [-0.4, -0.2) is 35.9 Å². The molecule has 0 bridgehead atoms. The Morgan fingerprint density at radius 2 is 2.17 bits per heavy atom. The minimum atomic E-state index is -0.337. The second-order valence-corrected chi connectivity index (χ2v) is 4.34. The quantitative estimate of drug-likeness (QED) is 0.783. The first-order valence-corrected chi connectivity index (χ1v) is 6.45. The summed E-state index contributed by atoms with van der Waals surface area (Å²) in [5, 5.41) is 9.92. The number of hydrogen-bond acceptors (Lipinski definition) is 4. The van der Waals surface area contributed by atoms with Gasteiger partial charge in [0.15, 0.2) is 10.3 Å². The van der Waals surface area contributed by atoms with Gasteiger partial charge in [-0.05, 0) is 12.5 Å². The molecule has 0 spiro atoms. The average molecular weight is 292 g/mol. The van der Waals surface area contributed by atoms with Crippen molar-refractivity contribution < 1.29 is 9.53 Å². The van der Waals surface area contributed by atoms with Gasteiger partial charge in [-0.25, -0.2) is 0 Å². The summed E-state index contributed by atoms with van der Waals surface area (Å²) in [5.41, 5.74) is 0.213. The van der Waals surface area contributed by atoms with Crippen LogP contribution < -0.4 is 5.32 Å². The third-order valence-corrected chi connectivity index (χ3v) is 2.60. The van der Waals surface area contributed by atoms with Crippen LogP contribution in [-0.2, 0) is 4.74 Å². The Balaban J connectivity index is 2.34. The van der Waals surface area contributed by atoms with Gasteiger partial charge in [-0.1, -0.05) is 36.5 Å². The molecule has 1 aromatic rings. The van der Waals surface area contributed by atoms with Gasteiger partial charge in [-0.3, -0.25) is 4.79 Å². The van der Waals surface area contributed by atoms with E-state index in [0.29, 0.717) is 19.8 Å². The summed E-state index contributed by atoms with van der Waals surface area (Å²) < 4.78 is 5.31. The molecule has 0 aliphatic heterocycles. The molecule has 0 aliphatic rings. The van der Waals surface area contributed by atoms with E-state index in [1.54, 1.807) is 0 Å². The maximum Gasteiger partial charge on any atom is 0.254 e. The number of ether oxygens (including phenoxy) is 1. The lowest BCUT2D eigenvalue weighted by Crippen LogP contribution is -2.27. The molecule has 0 saturated carbocycles. The number of nitrogens with one attached hydrogen (secondary N) is 1. The lowest BCUT2D eigenvalue weighted by atomic mass is 10.3. The molecule has 0 aliphatic carbocycles. The summed E-state index contributed by atoms with van der Waals surface area (Å²) in [4.78, 5) is 11.7. The minimum absolute atomic E-state index is 0.0313. The summed E-state index contributed by atoms with van der Waals surface area (Å²) in [7, 11) is 0. The molecule has 100 valence electrons. The zero-order valence-electron chi connectivity index (χ0n) is 10.1. The number of rotatable bonds is 7. The number of unbranched alkanes of at least 4 members (excludes halogenated alkanes) is 1.